The van der Waals surface area contributed by atoms with Gasteiger partial charge in [-0.05, 0) is 18.1 Å². The summed E-state index contributed by atoms with van der Waals surface area (Å²) in [5.41, 5.74) is 6.05. The second-order valence-corrected chi connectivity index (χ2v) is 4.63. The van der Waals surface area contributed by atoms with Gasteiger partial charge in [-0.1, -0.05) is 31.0 Å². The Balaban J connectivity index is 2.19. The van der Waals surface area contributed by atoms with E-state index in [1.165, 1.54) is 12.1 Å². The third-order valence-corrected chi connectivity index (χ3v) is 2.93. The van der Waals surface area contributed by atoms with Gasteiger partial charge in [-0.25, -0.2) is 4.79 Å². The van der Waals surface area contributed by atoms with Crippen LogP contribution in [0, 0.1) is 5.92 Å². The molecule has 6 heteroatoms. The smallest absolute Gasteiger partial charge is 0.328 e. The number of rotatable bonds is 3. The van der Waals surface area contributed by atoms with Crippen LogP contribution in [0.1, 0.15) is 34.6 Å². The van der Waals surface area contributed by atoms with E-state index in [1.54, 1.807) is 26.0 Å². The number of carbonyl (C=O) groups excluding carboxylic acids is 3. The number of carbonyl (C=O) groups is 3. The fourth-order valence-electron chi connectivity index (χ4n) is 1.67. The molecule has 0 aliphatic carbocycles. The summed E-state index contributed by atoms with van der Waals surface area (Å²) in [6, 6.07) is 5.39. The molecule has 0 aromatic heterocycles. The van der Waals surface area contributed by atoms with Gasteiger partial charge in [0.25, 0.3) is 11.8 Å². The first-order valence-electron chi connectivity index (χ1n) is 5.88. The summed E-state index contributed by atoms with van der Waals surface area (Å²) in [4.78, 5) is 40.3. The Kier molecular flexibility index (Phi) is 3.35. The monoisotopic (exact) mass is 262 g/mol. The molecule has 1 heterocycles. The molecule has 6 nitrogen and oxygen atoms in total. The van der Waals surface area contributed by atoms with E-state index < -0.39 is 23.8 Å². The molecule has 1 aromatic carbocycles. The van der Waals surface area contributed by atoms with Gasteiger partial charge in [0.2, 0.25) is 0 Å². The van der Waals surface area contributed by atoms with Crippen LogP contribution >= 0.6 is 0 Å². The zero-order valence-corrected chi connectivity index (χ0v) is 10.6. The number of benzene rings is 1. The average molecular weight is 262 g/mol. The quantitative estimate of drug-likeness (QED) is 0.811. The van der Waals surface area contributed by atoms with Crippen molar-refractivity contribution in [3.8, 4) is 0 Å². The van der Waals surface area contributed by atoms with Crippen LogP contribution in [0.2, 0.25) is 0 Å². The first kappa shape index (κ1) is 13.2. The summed E-state index contributed by atoms with van der Waals surface area (Å²) in [7, 11) is 0. The molecule has 0 spiro atoms. The Hall–Kier alpha value is -2.21. The molecule has 0 fully saturated rings. The van der Waals surface area contributed by atoms with Crippen LogP contribution in [0.4, 0.5) is 0 Å². The third kappa shape index (κ3) is 2.22. The van der Waals surface area contributed by atoms with Crippen molar-refractivity contribution in [1.82, 2.24) is 5.06 Å². The van der Waals surface area contributed by atoms with E-state index in [-0.39, 0.29) is 17.0 Å². The average Bonchev–Trinajstić information content (AvgIpc) is 2.63. The van der Waals surface area contributed by atoms with Crippen molar-refractivity contribution < 1.29 is 19.2 Å². The van der Waals surface area contributed by atoms with Gasteiger partial charge in [0.1, 0.15) is 6.04 Å². The number of amides is 2. The van der Waals surface area contributed by atoms with Crippen molar-refractivity contribution in [2.75, 3.05) is 0 Å². The molecule has 1 aromatic rings. The molecule has 19 heavy (non-hydrogen) atoms. The largest absolute Gasteiger partial charge is 0.350 e. The Morgan fingerprint density at radius 2 is 1.63 bits per heavy atom. The molecule has 100 valence electrons. The summed E-state index contributed by atoms with van der Waals surface area (Å²) in [6.07, 6.45) is 0. The summed E-state index contributed by atoms with van der Waals surface area (Å²) in [5, 5.41) is 0.467. The van der Waals surface area contributed by atoms with Gasteiger partial charge in [0.05, 0.1) is 11.1 Å². The standard InChI is InChI=1S/C13H14N2O4/c1-7(2)10(14)13(18)19-15-11(16)8-5-3-4-6-9(8)12(15)17/h3-7,10H,14H2,1-2H3. The van der Waals surface area contributed by atoms with Crippen molar-refractivity contribution in [3.63, 3.8) is 0 Å². The second-order valence-electron chi connectivity index (χ2n) is 4.63. The third-order valence-electron chi connectivity index (χ3n) is 2.93. The van der Waals surface area contributed by atoms with E-state index in [2.05, 4.69) is 0 Å². The number of nitrogens with zero attached hydrogens (tertiary/aromatic N) is 1. The van der Waals surface area contributed by atoms with Crippen LogP contribution in [0.3, 0.4) is 0 Å². The molecule has 1 atom stereocenters. The molecule has 0 bridgehead atoms. The molecule has 2 N–H and O–H groups in total. The lowest BCUT2D eigenvalue weighted by Gasteiger charge is -2.18. The molecule has 0 saturated carbocycles. The minimum atomic E-state index is -0.885. The van der Waals surface area contributed by atoms with Gasteiger partial charge in [0.15, 0.2) is 0 Å². The highest BCUT2D eigenvalue weighted by molar-refractivity contribution is 6.20. The number of hydroxylamine groups is 2. The molecule has 2 rings (SSSR count). The number of hydrogen-bond donors (Lipinski definition) is 1. The number of fused-ring (bicyclic) bond motifs is 1. The van der Waals surface area contributed by atoms with Crippen molar-refractivity contribution in [1.29, 1.82) is 0 Å². The molecular weight excluding hydrogens is 248 g/mol. The summed E-state index contributed by atoms with van der Waals surface area (Å²) in [6.45, 7) is 3.49. The second kappa shape index (κ2) is 4.81. The molecule has 0 radical (unpaired) electrons. The van der Waals surface area contributed by atoms with Gasteiger partial charge in [-0.2, -0.15) is 0 Å². The van der Waals surface area contributed by atoms with Crippen molar-refractivity contribution in [3.05, 3.63) is 35.4 Å². The molecule has 1 unspecified atom stereocenters. The Morgan fingerprint density at radius 1 is 1.16 bits per heavy atom. The van der Waals surface area contributed by atoms with Crippen molar-refractivity contribution in [2.24, 2.45) is 11.7 Å². The number of nitrogens with two attached hydrogens (primary N) is 1. The maximum absolute atomic E-state index is 11.9. The zero-order chi connectivity index (χ0) is 14.2. The summed E-state index contributed by atoms with van der Waals surface area (Å²) < 4.78 is 0. The van der Waals surface area contributed by atoms with E-state index in [0.717, 1.165) is 0 Å². The number of imide groups is 1. The normalized spacial score (nSPS) is 15.7. The molecular formula is C13H14N2O4. The van der Waals surface area contributed by atoms with Crippen LogP contribution < -0.4 is 5.73 Å². The Labute approximate surface area is 110 Å². The van der Waals surface area contributed by atoms with Crippen LogP contribution in [-0.2, 0) is 9.63 Å². The van der Waals surface area contributed by atoms with E-state index in [1.807, 2.05) is 0 Å². The predicted octanol–water partition coefficient (Wildman–Crippen LogP) is 0.724. The topological polar surface area (TPSA) is 89.7 Å². The molecule has 1 aliphatic rings. The molecule has 1 aliphatic heterocycles. The van der Waals surface area contributed by atoms with Crippen LogP contribution in [-0.4, -0.2) is 28.9 Å². The summed E-state index contributed by atoms with van der Waals surface area (Å²) >= 11 is 0. The minimum Gasteiger partial charge on any atom is -0.328 e. The minimum absolute atomic E-state index is 0.150. The number of hydrogen-bond acceptors (Lipinski definition) is 5. The predicted molar refractivity (Wildman–Crippen MR) is 65.8 cm³/mol. The van der Waals surface area contributed by atoms with Crippen molar-refractivity contribution >= 4 is 17.8 Å². The van der Waals surface area contributed by atoms with Crippen LogP contribution in [0.15, 0.2) is 24.3 Å². The lowest BCUT2D eigenvalue weighted by atomic mass is 10.1. The lowest BCUT2D eigenvalue weighted by Crippen LogP contribution is -2.42. The van der Waals surface area contributed by atoms with Gasteiger partial charge in [-0.15, -0.1) is 0 Å². The molecule has 0 saturated heterocycles. The first-order chi connectivity index (χ1) is 8.93. The first-order valence-corrected chi connectivity index (χ1v) is 5.88. The van der Waals surface area contributed by atoms with Gasteiger partial charge in [-0.3, -0.25) is 9.59 Å². The zero-order valence-electron chi connectivity index (χ0n) is 10.6. The van der Waals surface area contributed by atoms with Gasteiger partial charge < -0.3 is 10.6 Å². The fraction of sp³-hybridized carbons (Fsp3) is 0.308. The van der Waals surface area contributed by atoms with Crippen molar-refractivity contribution in [2.45, 2.75) is 19.9 Å². The van der Waals surface area contributed by atoms with Gasteiger partial charge in [0, 0.05) is 0 Å². The highest BCUT2D eigenvalue weighted by Gasteiger charge is 2.39. The fourth-order valence-corrected chi connectivity index (χ4v) is 1.67. The SMILES string of the molecule is CC(C)C(N)C(=O)ON1C(=O)c2ccccc2C1=O. The van der Waals surface area contributed by atoms with E-state index in [9.17, 15) is 14.4 Å². The van der Waals surface area contributed by atoms with Crippen LogP contribution in [0.5, 0.6) is 0 Å². The van der Waals surface area contributed by atoms with E-state index in [4.69, 9.17) is 10.6 Å². The maximum Gasteiger partial charge on any atom is 0.350 e. The van der Waals surface area contributed by atoms with Crippen LogP contribution in [0.25, 0.3) is 0 Å². The molecule has 2 amide bonds. The highest BCUT2D eigenvalue weighted by atomic mass is 16.7. The van der Waals surface area contributed by atoms with E-state index >= 15 is 0 Å². The highest BCUT2D eigenvalue weighted by Crippen LogP contribution is 2.23. The Morgan fingerprint density at radius 3 is 2.05 bits per heavy atom. The lowest BCUT2D eigenvalue weighted by molar-refractivity contribution is -0.171. The summed E-state index contributed by atoms with van der Waals surface area (Å²) in [5.74, 6) is -2.25. The maximum atomic E-state index is 11.9. The Bertz CT molecular complexity index is 518. The van der Waals surface area contributed by atoms with E-state index in [0.29, 0.717) is 5.06 Å². The van der Waals surface area contributed by atoms with Gasteiger partial charge >= 0.3 is 5.97 Å².